The van der Waals surface area contributed by atoms with E-state index in [1.165, 1.54) is 18.4 Å². The van der Waals surface area contributed by atoms with Gasteiger partial charge in [-0.15, -0.1) is 11.8 Å². The van der Waals surface area contributed by atoms with E-state index < -0.39 is 0 Å². The molecule has 0 spiro atoms. The van der Waals surface area contributed by atoms with Gasteiger partial charge in [0.15, 0.2) is 0 Å². The number of halogens is 1. The second kappa shape index (κ2) is 10.2. The highest BCUT2D eigenvalue weighted by atomic mass is 35.5. The molecule has 2 rings (SSSR count). The van der Waals surface area contributed by atoms with Gasteiger partial charge in [0.2, 0.25) is 0 Å². The van der Waals surface area contributed by atoms with Gasteiger partial charge in [0, 0.05) is 17.1 Å². The minimum Gasteiger partial charge on any atom is -0.493 e. The van der Waals surface area contributed by atoms with Gasteiger partial charge in [0.25, 0.3) is 0 Å². The van der Waals surface area contributed by atoms with E-state index in [1.54, 1.807) is 11.8 Å². The van der Waals surface area contributed by atoms with Crippen LogP contribution in [0.5, 0.6) is 5.75 Å². The zero-order chi connectivity index (χ0) is 17.4. The lowest BCUT2D eigenvalue weighted by molar-refractivity contribution is -0.144. The SMILES string of the molecule is CCCCC(CC)COC(=O)CCSc1cc2c(cc1Cl)CCO2. The molecule has 0 radical (unpaired) electrons. The van der Waals surface area contributed by atoms with Crippen LogP contribution in [0.1, 0.15) is 51.5 Å². The summed E-state index contributed by atoms with van der Waals surface area (Å²) in [6.45, 7) is 5.61. The highest BCUT2D eigenvalue weighted by Gasteiger charge is 2.16. The molecule has 1 aromatic carbocycles. The van der Waals surface area contributed by atoms with Gasteiger partial charge < -0.3 is 9.47 Å². The molecule has 134 valence electrons. The molecule has 0 aromatic heterocycles. The van der Waals surface area contributed by atoms with E-state index in [-0.39, 0.29) is 5.97 Å². The summed E-state index contributed by atoms with van der Waals surface area (Å²) in [6, 6.07) is 3.96. The fourth-order valence-electron chi connectivity index (χ4n) is 2.71. The monoisotopic (exact) mass is 370 g/mol. The summed E-state index contributed by atoms with van der Waals surface area (Å²) >= 11 is 7.88. The van der Waals surface area contributed by atoms with Gasteiger partial charge in [-0.05, 0) is 30.0 Å². The second-order valence-corrected chi connectivity index (χ2v) is 7.73. The van der Waals surface area contributed by atoms with Crippen molar-refractivity contribution in [1.82, 2.24) is 0 Å². The van der Waals surface area contributed by atoms with E-state index in [9.17, 15) is 4.79 Å². The topological polar surface area (TPSA) is 35.5 Å². The maximum absolute atomic E-state index is 11.9. The molecule has 24 heavy (non-hydrogen) atoms. The Labute approximate surface area is 154 Å². The van der Waals surface area contributed by atoms with Crippen molar-refractivity contribution in [3.63, 3.8) is 0 Å². The molecular formula is C19H27ClO3S. The summed E-state index contributed by atoms with van der Waals surface area (Å²) in [4.78, 5) is 12.9. The van der Waals surface area contributed by atoms with E-state index >= 15 is 0 Å². The van der Waals surface area contributed by atoms with Crippen molar-refractivity contribution in [2.75, 3.05) is 19.0 Å². The molecule has 1 aliphatic rings. The lowest BCUT2D eigenvalue weighted by Crippen LogP contribution is -2.14. The quantitative estimate of drug-likeness (QED) is 0.401. The lowest BCUT2D eigenvalue weighted by Gasteiger charge is -2.14. The molecule has 1 atom stereocenters. The zero-order valence-electron chi connectivity index (χ0n) is 14.6. The van der Waals surface area contributed by atoms with Crippen molar-refractivity contribution in [2.24, 2.45) is 5.92 Å². The second-order valence-electron chi connectivity index (χ2n) is 6.19. The van der Waals surface area contributed by atoms with Gasteiger partial charge >= 0.3 is 5.97 Å². The minimum atomic E-state index is -0.119. The molecule has 0 saturated heterocycles. The van der Waals surface area contributed by atoms with Crippen LogP contribution in [0.25, 0.3) is 0 Å². The Morgan fingerprint density at radius 2 is 2.25 bits per heavy atom. The molecule has 0 aliphatic carbocycles. The fourth-order valence-corrected chi connectivity index (χ4v) is 3.94. The Hall–Kier alpha value is -0.870. The molecule has 0 bridgehead atoms. The van der Waals surface area contributed by atoms with E-state index in [2.05, 4.69) is 13.8 Å². The number of carbonyl (C=O) groups is 1. The third kappa shape index (κ3) is 5.89. The van der Waals surface area contributed by atoms with Crippen molar-refractivity contribution < 1.29 is 14.3 Å². The number of benzene rings is 1. The fraction of sp³-hybridized carbons (Fsp3) is 0.632. The molecule has 5 heteroatoms. The average molecular weight is 371 g/mol. The van der Waals surface area contributed by atoms with Crippen LogP contribution >= 0.6 is 23.4 Å². The first kappa shape index (κ1) is 19.5. The lowest BCUT2D eigenvalue weighted by atomic mass is 10.0. The number of rotatable bonds is 10. The average Bonchev–Trinajstić information content (AvgIpc) is 3.02. The first-order valence-electron chi connectivity index (χ1n) is 8.87. The predicted octanol–water partition coefficient (Wildman–Crippen LogP) is 5.52. The highest BCUT2D eigenvalue weighted by Crippen LogP contribution is 2.36. The number of esters is 1. The first-order valence-corrected chi connectivity index (χ1v) is 10.2. The van der Waals surface area contributed by atoms with Crippen molar-refractivity contribution in [1.29, 1.82) is 0 Å². The summed E-state index contributed by atoms with van der Waals surface area (Å²) in [5.41, 5.74) is 1.17. The van der Waals surface area contributed by atoms with Crippen LogP contribution in [-0.2, 0) is 16.0 Å². The van der Waals surface area contributed by atoms with Crippen molar-refractivity contribution in [2.45, 2.75) is 57.3 Å². The zero-order valence-corrected chi connectivity index (χ0v) is 16.2. The molecule has 0 saturated carbocycles. The van der Waals surface area contributed by atoms with Gasteiger partial charge in [-0.1, -0.05) is 44.7 Å². The third-order valence-corrected chi connectivity index (χ3v) is 5.81. The van der Waals surface area contributed by atoms with Crippen LogP contribution in [0.4, 0.5) is 0 Å². The van der Waals surface area contributed by atoms with Gasteiger partial charge in [-0.25, -0.2) is 0 Å². The first-order chi connectivity index (χ1) is 11.6. The van der Waals surface area contributed by atoms with Gasteiger partial charge in [-0.3, -0.25) is 4.79 Å². The Morgan fingerprint density at radius 1 is 1.42 bits per heavy atom. The number of unbranched alkanes of at least 4 members (excludes halogenated alkanes) is 1. The van der Waals surface area contributed by atoms with Gasteiger partial charge in [0.1, 0.15) is 5.75 Å². The molecular weight excluding hydrogens is 344 g/mol. The van der Waals surface area contributed by atoms with Crippen LogP contribution in [0, 0.1) is 5.92 Å². The number of ether oxygens (including phenoxy) is 2. The minimum absolute atomic E-state index is 0.119. The summed E-state index contributed by atoms with van der Waals surface area (Å²) < 4.78 is 11.0. The summed E-state index contributed by atoms with van der Waals surface area (Å²) in [5.74, 6) is 1.96. The molecule has 1 unspecified atom stereocenters. The summed E-state index contributed by atoms with van der Waals surface area (Å²) in [6.07, 6.45) is 5.91. The molecule has 0 amide bonds. The van der Waals surface area contributed by atoms with Crippen LogP contribution in [0.15, 0.2) is 17.0 Å². The Kier molecular flexibility index (Phi) is 8.26. The van der Waals surface area contributed by atoms with Crippen molar-refractivity contribution in [3.05, 3.63) is 22.7 Å². The number of hydrogen-bond donors (Lipinski definition) is 0. The maximum Gasteiger partial charge on any atom is 0.306 e. The summed E-state index contributed by atoms with van der Waals surface area (Å²) in [7, 11) is 0. The standard InChI is InChI=1S/C19H27ClO3S/c1-3-5-6-14(4-2)13-23-19(21)8-10-24-18-12-17-15(7-9-22-17)11-16(18)20/h11-12,14H,3-10,13H2,1-2H3. The normalized spacial score (nSPS) is 14.1. The molecule has 0 fully saturated rings. The Bertz CT molecular complexity index is 548. The number of fused-ring (bicyclic) bond motifs is 1. The highest BCUT2D eigenvalue weighted by molar-refractivity contribution is 7.99. The molecule has 1 heterocycles. The number of thioether (sulfide) groups is 1. The smallest absolute Gasteiger partial charge is 0.306 e. The van der Waals surface area contributed by atoms with Crippen LogP contribution in [-0.4, -0.2) is 24.9 Å². The van der Waals surface area contributed by atoms with E-state index in [4.69, 9.17) is 21.1 Å². The predicted molar refractivity (Wildman–Crippen MR) is 100 cm³/mol. The molecule has 3 nitrogen and oxygen atoms in total. The van der Waals surface area contributed by atoms with E-state index in [1.807, 2.05) is 12.1 Å². The Morgan fingerprint density at radius 3 is 3.00 bits per heavy atom. The number of carbonyl (C=O) groups excluding carboxylic acids is 1. The van der Waals surface area contributed by atoms with Gasteiger partial charge in [-0.2, -0.15) is 0 Å². The van der Waals surface area contributed by atoms with Gasteiger partial charge in [0.05, 0.1) is 24.7 Å². The molecule has 1 aliphatic heterocycles. The molecule has 0 N–H and O–H groups in total. The maximum atomic E-state index is 11.9. The Balaban J connectivity index is 1.71. The largest absolute Gasteiger partial charge is 0.493 e. The number of hydrogen-bond acceptors (Lipinski definition) is 4. The van der Waals surface area contributed by atoms with Crippen LogP contribution in [0.2, 0.25) is 5.02 Å². The molecule has 1 aromatic rings. The summed E-state index contributed by atoms with van der Waals surface area (Å²) in [5, 5.41) is 0.739. The third-order valence-electron chi connectivity index (χ3n) is 4.33. The van der Waals surface area contributed by atoms with Crippen molar-refractivity contribution in [3.8, 4) is 5.75 Å². The van der Waals surface area contributed by atoms with Crippen LogP contribution < -0.4 is 4.74 Å². The van der Waals surface area contributed by atoms with E-state index in [0.29, 0.717) is 24.7 Å². The van der Waals surface area contributed by atoms with Crippen LogP contribution in [0.3, 0.4) is 0 Å². The van der Waals surface area contributed by atoms with E-state index in [0.717, 1.165) is 41.5 Å². The van der Waals surface area contributed by atoms with Crippen molar-refractivity contribution >= 4 is 29.3 Å².